The lowest BCUT2D eigenvalue weighted by Gasteiger charge is -2.37. The summed E-state index contributed by atoms with van der Waals surface area (Å²) in [6.07, 6.45) is 0.338. The van der Waals surface area contributed by atoms with Gasteiger partial charge in [-0.1, -0.05) is 39.0 Å². The summed E-state index contributed by atoms with van der Waals surface area (Å²) in [6, 6.07) is 9.47. The molecule has 0 amide bonds. The highest BCUT2D eigenvalue weighted by molar-refractivity contribution is 6.74. The van der Waals surface area contributed by atoms with Crippen molar-refractivity contribution in [3.8, 4) is 5.75 Å². The molecule has 3 nitrogen and oxygen atoms in total. The summed E-state index contributed by atoms with van der Waals surface area (Å²) >= 11 is 0. The van der Waals surface area contributed by atoms with Gasteiger partial charge in [0.2, 0.25) is 0 Å². The lowest BCUT2D eigenvalue weighted by Crippen LogP contribution is -2.45. The molecule has 0 radical (unpaired) electrons. The highest BCUT2D eigenvalue weighted by Crippen LogP contribution is 2.37. The standard InChI is InChI=1S/C15H24O3Si/c1-15(2,3)19(4,5)18-14(11-16)12-17-13-9-7-6-8-10-13/h6-11,14H,12H2,1-5H3/t14-/m0/s1. The smallest absolute Gasteiger partial charge is 0.193 e. The molecule has 19 heavy (non-hydrogen) atoms. The molecule has 0 aliphatic heterocycles. The number of para-hydroxylation sites is 1. The largest absolute Gasteiger partial charge is 0.490 e. The number of benzene rings is 1. The van der Waals surface area contributed by atoms with Gasteiger partial charge in [0.1, 0.15) is 18.5 Å². The molecule has 0 N–H and O–H groups in total. The second-order valence-corrected chi connectivity index (χ2v) is 10.9. The molecule has 0 aliphatic rings. The molecule has 1 rings (SSSR count). The van der Waals surface area contributed by atoms with E-state index in [1.807, 2.05) is 30.3 Å². The molecule has 0 spiro atoms. The molecule has 0 aliphatic carbocycles. The Hall–Kier alpha value is -1.13. The summed E-state index contributed by atoms with van der Waals surface area (Å²) in [6.45, 7) is 11.0. The lowest BCUT2D eigenvalue weighted by atomic mass is 10.2. The van der Waals surface area contributed by atoms with Gasteiger partial charge in [-0.25, -0.2) is 0 Å². The highest BCUT2D eigenvalue weighted by atomic mass is 28.4. The molecule has 1 atom stereocenters. The Morgan fingerprint density at radius 2 is 1.79 bits per heavy atom. The summed E-state index contributed by atoms with van der Waals surface area (Å²) in [5, 5.41) is 0.0843. The van der Waals surface area contributed by atoms with Crippen LogP contribution in [0.4, 0.5) is 0 Å². The number of carbonyl (C=O) groups excluding carboxylic acids is 1. The van der Waals surface area contributed by atoms with E-state index in [0.717, 1.165) is 12.0 Å². The van der Waals surface area contributed by atoms with Gasteiger partial charge in [0.15, 0.2) is 14.6 Å². The summed E-state index contributed by atoms with van der Waals surface area (Å²) in [7, 11) is -1.94. The van der Waals surface area contributed by atoms with Crippen molar-refractivity contribution in [3.05, 3.63) is 30.3 Å². The summed E-state index contributed by atoms with van der Waals surface area (Å²) in [4.78, 5) is 11.1. The van der Waals surface area contributed by atoms with Crippen molar-refractivity contribution < 1.29 is 14.0 Å². The van der Waals surface area contributed by atoms with E-state index in [2.05, 4.69) is 33.9 Å². The first kappa shape index (κ1) is 15.9. The van der Waals surface area contributed by atoms with Crippen LogP contribution in [-0.2, 0) is 9.22 Å². The average molecular weight is 280 g/mol. The van der Waals surface area contributed by atoms with Gasteiger partial charge < -0.3 is 14.0 Å². The number of rotatable bonds is 6. The SMILES string of the molecule is CC(C)(C)[Si](C)(C)O[C@@H](C=O)COc1ccccc1. The Morgan fingerprint density at radius 3 is 2.26 bits per heavy atom. The van der Waals surface area contributed by atoms with E-state index in [-0.39, 0.29) is 11.6 Å². The first-order chi connectivity index (χ1) is 8.76. The summed E-state index contributed by atoms with van der Waals surface area (Å²) in [5.74, 6) is 0.758. The Bertz CT molecular complexity index is 396. The van der Waals surface area contributed by atoms with Crippen LogP contribution in [0.5, 0.6) is 5.75 Å². The van der Waals surface area contributed by atoms with Gasteiger partial charge in [-0.2, -0.15) is 0 Å². The maximum Gasteiger partial charge on any atom is 0.193 e. The molecule has 0 saturated carbocycles. The van der Waals surface area contributed by atoms with Gasteiger partial charge in [-0.05, 0) is 30.3 Å². The van der Waals surface area contributed by atoms with Crippen LogP contribution in [0.1, 0.15) is 20.8 Å². The zero-order valence-electron chi connectivity index (χ0n) is 12.5. The number of ether oxygens (including phenoxy) is 1. The Labute approximate surface area is 117 Å². The normalized spacial score (nSPS) is 13.9. The predicted octanol–water partition coefficient (Wildman–Crippen LogP) is 3.65. The molecular weight excluding hydrogens is 256 g/mol. The fourth-order valence-corrected chi connectivity index (χ4v) is 2.59. The third-order valence-corrected chi connectivity index (χ3v) is 8.07. The minimum Gasteiger partial charge on any atom is -0.490 e. The monoisotopic (exact) mass is 280 g/mol. The van der Waals surface area contributed by atoms with Crippen LogP contribution < -0.4 is 4.74 Å². The van der Waals surface area contributed by atoms with Gasteiger partial charge in [-0.3, -0.25) is 0 Å². The molecule has 0 fully saturated rings. The van der Waals surface area contributed by atoms with E-state index < -0.39 is 14.4 Å². The molecule has 1 aromatic carbocycles. The number of carbonyl (C=O) groups is 1. The third-order valence-electron chi connectivity index (χ3n) is 3.56. The molecule has 0 bridgehead atoms. The first-order valence-corrected chi connectivity index (χ1v) is 9.48. The Balaban J connectivity index is 2.58. The van der Waals surface area contributed by atoms with E-state index in [0.29, 0.717) is 0 Å². The van der Waals surface area contributed by atoms with E-state index in [1.165, 1.54) is 0 Å². The fourth-order valence-electron chi connectivity index (χ4n) is 1.35. The van der Waals surface area contributed by atoms with Crippen molar-refractivity contribution in [1.82, 2.24) is 0 Å². The van der Waals surface area contributed by atoms with Crippen LogP contribution >= 0.6 is 0 Å². The van der Waals surface area contributed by atoms with Crippen LogP contribution in [0.15, 0.2) is 30.3 Å². The molecule has 0 heterocycles. The highest BCUT2D eigenvalue weighted by Gasteiger charge is 2.39. The second kappa shape index (κ2) is 6.35. The fraction of sp³-hybridized carbons (Fsp3) is 0.533. The van der Waals surface area contributed by atoms with Crippen LogP contribution in [0.2, 0.25) is 18.1 Å². The molecule has 0 aromatic heterocycles. The molecule has 4 heteroatoms. The van der Waals surface area contributed by atoms with Crippen LogP contribution in [0, 0.1) is 0 Å². The maximum atomic E-state index is 11.1. The Kier molecular flexibility index (Phi) is 5.32. The minimum atomic E-state index is -1.94. The van der Waals surface area contributed by atoms with Gasteiger partial charge in [-0.15, -0.1) is 0 Å². The quantitative estimate of drug-likeness (QED) is 0.589. The van der Waals surface area contributed by atoms with Gasteiger partial charge >= 0.3 is 0 Å². The van der Waals surface area contributed by atoms with Gasteiger partial charge in [0.05, 0.1) is 0 Å². The van der Waals surface area contributed by atoms with Crippen LogP contribution in [-0.4, -0.2) is 27.3 Å². The van der Waals surface area contributed by atoms with Crippen LogP contribution in [0.3, 0.4) is 0 Å². The van der Waals surface area contributed by atoms with Gasteiger partial charge in [0, 0.05) is 0 Å². The number of hydrogen-bond donors (Lipinski definition) is 0. The van der Waals surface area contributed by atoms with Gasteiger partial charge in [0.25, 0.3) is 0 Å². The number of aldehydes is 1. The minimum absolute atomic E-state index is 0.0843. The molecular formula is C15H24O3Si. The van der Waals surface area contributed by atoms with E-state index >= 15 is 0 Å². The van der Waals surface area contributed by atoms with E-state index in [1.54, 1.807) is 0 Å². The molecule has 0 saturated heterocycles. The first-order valence-electron chi connectivity index (χ1n) is 6.57. The van der Waals surface area contributed by atoms with Crippen molar-refractivity contribution in [1.29, 1.82) is 0 Å². The van der Waals surface area contributed by atoms with Crippen molar-refractivity contribution in [2.24, 2.45) is 0 Å². The zero-order valence-corrected chi connectivity index (χ0v) is 13.5. The second-order valence-electron chi connectivity index (χ2n) is 6.18. The van der Waals surface area contributed by atoms with E-state index in [9.17, 15) is 4.79 Å². The Morgan fingerprint density at radius 1 is 1.21 bits per heavy atom. The van der Waals surface area contributed by atoms with E-state index in [4.69, 9.17) is 9.16 Å². The third kappa shape index (κ3) is 4.80. The van der Waals surface area contributed by atoms with Crippen molar-refractivity contribution >= 4 is 14.6 Å². The molecule has 1 aromatic rings. The molecule has 0 unspecified atom stereocenters. The lowest BCUT2D eigenvalue weighted by molar-refractivity contribution is -0.115. The van der Waals surface area contributed by atoms with Crippen molar-refractivity contribution in [2.75, 3.05) is 6.61 Å². The topological polar surface area (TPSA) is 35.5 Å². The maximum absolute atomic E-state index is 11.1. The number of hydrogen-bond acceptors (Lipinski definition) is 3. The summed E-state index contributed by atoms with van der Waals surface area (Å²) < 4.78 is 11.6. The van der Waals surface area contributed by atoms with Crippen LogP contribution in [0.25, 0.3) is 0 Å². The van der Waals surface area contributed by atoms with Crippen molar-refractivity contribution in [2.45, 2.75) is 45.0 Å². The van der Waals surface area contributed by atoms with Crippen molar-refractivity contribution in [3.63, 3.8) is 0 Å². The summed E-state index contributed by atoms with van der Waals surface area (Å²) in [5.41, 5.74) is 0. The predicted molar refractivity (Wildman–Crippen MR) is 80.1 cm³/mol. The average Bonchev–Trinajstić information content (AvgIpc) is 2.34. The zero-order chi connectivity index (χ0) is 14.5. The molecule has 106 valence electrons.